The first-order valence-electron chi connectivity index (χ1n) is 13.0. The van der Waals surface area contributed by atoms with Crippen LogP contribution in [0, 0.1) is 52.3 Å². The number of hydrogen-bond donors (Lipinski definition) is 2. The first kappa shape index (κ1) is 23.6. The van der Waals surface area contributed by atoms with Crippen LogP contribution >= 0.6 is 0 Å². The van der Waals surface area contributed by atoms with Crippen molar-refractivity contribution in [1.29, 1.82) is 0 Å². The smallest absolute Gasteiger partial charge is 0.0436 e. The standard InChI is InChI=1S/C27H50O2/c1-19(2)7-6-8-20(3)23-11-12-24-22-10-9-21(14-17-28)26(4,16-18-29)25(22)13-15-27(23,24)5/h19-25,28-29H,6-18H2,1-5H3/t20-,21?,22+,23-,24+,25+,26+,27-/m1/s1. The average Bonchev–Trinajstić information content (AvgIpc) is 3.01. The summed E-state index contributed by atoms with van der Waals surface area (Å²) in [6, 6.07) is 0. The molecule has 0 aliphatic heterocycles. The molecule has 0 aromatic heterocycles. The summed E-state index contributed by atoms with van der Waals surface area (Å²) < 4.78 is 0. The van der Waals surface area contributed by atoms with E-state index >= 15 is 0 Å². The lowest BCUT2D eigenvalue weighted by atomic mass is 9.45. The van der Waals surface area contributed by atoms with Crippen LogP contribution in [0.5, 0.6) is 0 Å². The molecular formula is C27H50O2. The molecule has 0 bridgehead atoms. The summed E-state index contributed by atoms with van der Waals surface area (Å²) in [5.41, 5.74) is 0.769. The third-order valence-corrected chi connectivity index (χ3v) is 10.4. The molecule has 2 N–H and O–H groups in total. The monoisotopic (exact) mass is 406 g/mol. The molecule has 0 heterocycles. The van der Waals surface area contributed by atoms with Crippen LogP contribution < -0.4 is 0 Å². The Hall–Kier alpha value is -0.0800. The molecule has 0 amide bonds. The lowest BCUT2D eigenvalue weighted by molar-refractivity contribution is -0.111. The first-order valence-corrected chi connectivity index (χ1v) is 13.0. The molecule has 0 radical (unpaired) electrons. The second kappa shape index (κ2) is 9.60. The van der Waals surface area contributed by atoms with Gasteiger partial charge in [0.05, 0.1) is 0 Å². The van der Waals surface area contributed by atoms with Crippen molar-refractivity contribution < 1.29 is 10.2 Å². The fourth-order valence-electron chi connectivity index (χ4n) is 8.82. The number of rotatable bonds is 9. The lowest BCUT2D eigenvalue weighted by Gasteiger charge is -2.59. The van der Waals surface area contributed by atoms with Gasteiger partial charge in [-0.15, -0.1) is 0 Å². The van der Waals surface area contributed by atoms with Gasteiger partial charge >= 0.3 is 0 Å². The van der Waals surface area contributed by atoms with E-state index in [-0.39, 0.29) is 5.41 Å². The third-order valence-electron chi connectivity index (χ3n) is 10.4. The van der Waals surface area contributed by atoms with Crippen LogP contribution in [0.15, 0.2) is 0 Å². The molecule has 3 rings (SSSR count). The van der Waals surface area contributed by atoms with Gasteiger partial charge in [0.15, 0.2) is 0 Å². The zero-order valence-corrected chi connectivity index (χ0v) is 20.1. The molecule has 2 heteroatoms. The van der Waals surface area contributed by atoms with E-state index in [2.05, 4.69) is 34.6 Å². The van der Waals surface area contributed by atoms with Crippen LogP contribution in [0.3, 0.4) is 0 Å². The predicted molar refractivity (Wildman–Crippen MR) is 123 cm³/mol. The van der Waals surface area contributed by atoms with E-state index in [1.807, 2.05) is 0 Å². The maximum absolute atomic E-state index is 9.87. The van der Waals surface area contributed by atoms with Gasteiger partial charge in [-0.25, -0.2) is 0 Å². The Bertz CT molecular complexity index is 517. The van der Waals surface area contributed by atoms with E-state index in [0.717, 1.165) is 48.3 Å². The molecule has 1 unspecified atom stereocenters. The Morgan fingerprint density at radius 3 is 2.28 bits per heavy atom. The van der Waals surface area contributed by atoms with Crippen molar-refractivity contribution in [3.8, 4) is 0 Å². The summed E-state index contributed by atoms with van der Waals surface area (Å²) in [7, 11) is 0. The highest BCUT2D eigenvalue weighted by molar-refractivity contribution is 5.08. The van der Waals surface area contributed by atoms with Crippen molar-refractivity contribution in [3.63, 3.8) is 0 Å². The van der Waals surface area contributed by atoms with Crippen molar-refractivity contribution in [2.75, 3.05) is 13.2 Å². The molecule has 0 saturated heterocycles. The number of hydrogen-bond acceptors (Lipinski definition) is 2. The molecule has 8 atom stereocenters. The summed E-state index contributed by atoms with van der Waals surface area (Å²) >= 11 is 0. The van der Waals surface area contributed by atoms with Gasteiger partial charge < -0.3 is 10.2 Å². The van der Waals surface area contributed by atoms with Crippen LogP contribution in [0.4, 0.5) is 0 Å². The van der Waals surface area contributed by atoms with Crippen LogP contribution in [-0.4, -0.2) is 23.4 Å². The summed E-state index contributed by atoms with van der Waals surface area (Å²) in [6.45, 7) is 13.0. The Morgan fingerprint density at radius 1 is 0.862 bits per heavy atom. The summed E-state index contributed by atoms with van der Waals surface area (Å²) in [6.07, 6.45) is 14.3. The summed E-state index contributed by atoms with van der Waals surface area (Å²) in [5.74, 6) is 5.73. The Kier molecular flexibility index (Phi) is 7.80. The van der Waals surface area contributed by atoms with Crippen LogP contribution in [-0.2, 0) is 0 Å². The van der Waals surface area contributed by atoms with Crippen molar-refractivity contribution in [2.24, 2.45) is 52.3 Å². The quantitative estimate of drug-likeness (QED) is 0.448. The number of aliphatic hydroxyl groups excluding tert-OH is 2. The fourth-order valence-corrected chi connectivity index (χ4v) is 8.82. The largest absolute Gasteiger partial charge is 0.396 e. The maximum Gasteiger partial charge on any atom is 0.0436 e. The molecule has 170 valence electrons. The number of fused-ring (bicyclic) bond motifs is 3. The van der Waals surface area contributed by atoms with Gasteiger partial charge in [-0.1, -0.05) is 53.9 Å². The molecule has 2 nitrogen and oxygen atoms in total. The van der Waals surface area contributed by atoms with Crippen molar-refractivity contribution >= 4 is 0 Å². The molecule has 3 aliphatic rings. The van der Waals surface area contributed by atoms with E-state index < -0.39 is 0 Å². The number of aliphatic hydroxyl groups is 2. The van der Waals surface area contributed by atoms with E-state index in [4.69, 9.17) is 0 Å². The Labute approximate surface area is 181 Å². The highest BCUT2D eigenvalue weighted by Crippen LogP contribution is 2.67. The Balaban J connectivity index is 1.73. The molecule has 0 aromatic carbocycles. The van der Waals surface area contributed by atoms with Gasteiger partial charge in [-0.3, -0.25) is 0 Å². The molecule has 3 aliphatic carbocycles. The molecular weight excluding hydrogens is 356 g/mol. The Morgan fingerprint density at radius 2 is 1.62 bits per heavy atom. The second-order valence-electron chi connectivity index (χ2n) is 12.2. The zero-order chi connectivity index (χ0) is 21.2. The van der Waals surface area contributed by atoms with Crippen LogP contribution in [0.1, 0.15) is 105 Å². The van der Waals surface area contributed by atoms with E-state index in [0.29, 0.717) is 24.5 Å². The highest BCUT2D eigenvalue weighted by atomic mass is 16.3. The minimum absolute atomic E-state index is 0.225. The maximum atomic E-state index is 9.87. The van der Waals surface area contributed by atoms with E-state index in [1.54, 1.807) is 0 Å². The molecule has 0 aromatic rings. The van der Waals surface area contributed by atoms with Gasteiger partial charge in [0, 0.05) is 13.2 Å². The zero-order valence-electron chi connectivity index (χ0n) is 20.1. The minimum Gasteiger partial charge on any atom is -0.396 e. The van der Waals surface area contributed by atoms with Gasteiger partial charge in [0.1, 0.15) is 0 Å². The van der Waals surface area contributed by atoms with Crippen molar-refractivity contribution in [2.45, 2.75) is 105 Å². The first-order chi connectivity index (χ1) is 13.8. The summed E-state index contributed by atoms with van der Waals surface area (Å²) in [4.78, 5) is 0. The SMILES string of the molecule is CC(C)CCC[C@@H](C)[C@H]1CC[C@H]2[C@@H]3CCC(CCO)[C@](C)(CCO)[C@H]3CC[C@]12C. The van der Waals surface area contributed by atoms with Gasteiger partial charge in [-0.2, -0.15) is 0 Å². The van der Waals surface area contributed by atoms with Crippen LogP contribution in [0.25, 0.3) is 0 Å². The molecule has 0 spiro atoms. The normalized spacial score (nSPS) is 43.2. The molecule has 3 fully saturated rings. The topological polar surface area (TPSA) is 40.5 Å². The summed E-state index contributed by atoms with van der Waals surface area (Å²) in [5, 5.41) is 19.5. The van der Waals surface area contributed by atoms with E-state index in [1.165, 1.54) is 57.8 Å². The average molecular weight is 407 g/mol. The molecule has 3 saturated carbocycles. The second-order valence-corrected chi connectivity index (χ2v) is 12.2. The minimum atomic E-state index is 0.225. The van der Waals surface area contributed by atoms with Crippen molar-refractivity contribution in [1.82, 2.24) is 0 Å². The van der Waals surface area contributed by atoms with Gasteiger partial charge in [0.25, 0.3) is 0 Å². The van der Waals surface area contributed by atoms with Gasteiger partial charge in [0.2, 0.25) is 0 Å². The molecule has 29 heavy (non-hydrogen) atoms. The van der Waals surface area contributed by atoms with Gasteiger partial charge in [-0.05, 0) is 104 Å². The predicted octanol–water partition coefficient (Wildman–Crippen LogP) is 6.69. The van der Waals surface area contributed by atoms with Crippen LogP contribution in [0.2, 0.25) is 0 Å². The van der Waals surface area contributed by atoms with E-state index in [9.17, 15) is 10.2 Å². The lowest BCUT2D eigenvalue weighted by Crippen LogP contribution is -2.52. The third kappa shape index (κ3) is 4.45. The fraction of sp³-hybridized carbons (Fsp3) is 1.00. The highest BCUT2D eigenvalue weighted by Gasteiger charge is 2.59. The van der Waals surface area contributed by atoms with Crippen molar-refractivity contribution in [3.05, 3.63) is 0 Å².